The molecule has 250 valence electrons. The first-order chi connectivity index (χ1) is 23.1. The average Bonchev–Trinajstić information content (AvgIpc) is 3.13. The maximum absolute atomic E-state index is 6.76. The smallest absolute Gasteiger partial charge is 0.132 e. The fraction of sp³-hybridized carbons (Fsp3) is 0.368. The molecule has 1 fully saturated rings. The second-order valence-corrected chi connectivity index (χ2v) is 12.1. The van der Waals surface area contributed by atoms with Crippen LogP contribution in [0, 0.1) is 0 Å². The summed E-state index contributed by atoms with van der Waals surface area (Å²) in [6.07, 6.45) is 0.225. The summed E-state index contributed by atoms with van der Waals surface area (Å²) in [5.74, 6) is 2.37. The van der Waals surface area contributed by atoms with Crippen molar-refractivity contribution in [2.75, 3.05) is 34.2 Å². The molecule has 0 aliphatic carbocycles. The Bertz CT molecular complexity index is 1450. The van der Waals surface area contributed by atoms with Gasteiger partial charge in [-0.1, -0.05) is 66.7 Å². The predicted octanol–water partition coefficient (Wildman–Crippen LogP) is 7.07. The minimum Gasteiger partial charge on any atom is -0.497 e. The molecule has 0 amide bonds. The van der Waals surface area contributed by atoms with Crippen LogP contribution in [0.1, 0.15) is 22.3 Å². The minimum atomic E-state index is -0.490. The molecule has 47 heavy (non-hydrogen) atoms. The van der Waals surface area contributed by atoms with Crippen molar-refractivity contribution in [2.45, 2.75) is 56.3 Å². The molecule has 9 heteroatoms. The van der Waals surface area contributed by atoms with Crippen molar-refractivity contribution in [3.8, 4) is 17.2 Å². The standard InChI is InChI=1S/C38H44O8S/c1-39-31-16-10-28(11-17-31)23-43-35-34(26-42-22-27-8-6-5-7-9-27)46-38(47-4)37(45-25-30-14-20-33(41-3)21-15-30)36(35)44-24-29-12-18-32(40-2)19-13-29/h5-21,34-38H,22-26H2,1-4H3/t34-,35+,36+,37-,38+/m1/s1. The Morgan fingerprint density at radius 2 is 0.936 bits per heavy atom. The lowest BCUT2D eigenvalue weighted by molar-refractivity contribution is -0.254. The highest BCUT2D eigenvalue weighted by Crippen LogP contribution is 2.35. The summed E-state index contributed by atoms with van der Waals surface area (Å²) < 4.78 is 49.1. The van der Waals surface area contributed by atoms with E-state index in [1.807, 2.05) is 109 Å². The van der Waals surface area contributed by atoms with Crippen molar-refractivity contribution in [1.82, 2.24) is 0 Å². The van der Waals surface area contributed by atoms with E-state index in [0.717, 1.165) is 39.5 Å². The van der Waals surface area contributed by atoms with E-state index in [1.54, 1.807) is 33.1 Å². The molecule has 0 aromatic heterocycles. The van der Waals surface area contributed by atoms with Gasteiger partial charge >= 0.3 is 0 Å². The van der Waals surface area contributed by atoms with Crippen LogP contribution in [0.2, 0.25) is 0 Å². The van der Waals surface area contributed by atoms with E-state index in [4.69, 9.17) is 37.9 Å². The summed E-state index contributed by atoms with van der Waals surface area (Å²) in [5, 5.41) is 0. The molecule has 0 radical (unpaired) electrons. The van der Waals surface area contributed by atoms with Gasteiger partial charge in [-0.3, -0.25) is 0 Å². The van der Waals surface area contributed by atoms with Gasteiger partial charge in [0.05, 0.1) is 54.4 Å². The number of methoxy groups -OCH3 is 3. The first kappa shape index (κ1) is 34.8. The summed E-state index contributed by atoms with van der Waals surface area (Å²) in [7, 11) is 4.97. The molecule has 4 aromatic rings. The van der Waals surface area contributed by atoms with Gasteiger partial charge in [0.15, 0.2) is 0 Å². The number of ether oxygens (including phenoxy) is 8. The molecule has 8 nitrogen and oxygen atoms in total. The zero-order chi connectivity index (χ0) is 32.8. The van der Waals surface area contributed by atoms with Crippen molar-refractivity contribution in [1.29, 1.82) is 0 Å². The van der Waals surface area contributed by atoms with Gasteiger partial charge < -0.3 is 37.9 Å². The molecule has 0 unspecified atom stereocenters. The van der Waals surface area contributed by atoms with Crippen LogP contribution in [0.15, 0.2) is 103 Å². The maximum Gasteiger partial charge on any atom is 0.132 e. The van der Waals surface area contributed by atoms with Crippen LogP contribution in [-0.2, 0) is 50.1 Å². The lowest BCUT2D eigenvalue weighted by Crippen LogP contribution is -2.60. The van der Waals surface area contributed by atoms with E-state index in [2.05, 4.69) is 0 Å². The second kappa shape index (κ2) is 18.1. The minimum absolute atomic E-state index is 0.319. The van der Waals surface area contributed by atoms with Crippen molar-refractivity contribution < 1.29 is 37.9 Å². The SMILES string of the molecule is COc1ccc(CO[C@H]2[C@@H](OCc3ccc(OC)cc3)[C@@H](COCc3ccccc3)O[C@@H](SC)[C@@H]2OCc2ccc(OC)cc2)cc1. The van der Waals surface area contributed by atoms with Crippen LogP contribution in [0.5, 0.6) is 17.2 Å². The lowest BCUT2D eigenvalue weighted by Gasteiger charge is -2.45. The summed E-state index contributed by atoms with van der Waals surface area (Å²) in [4.78, 5) is 0. The topological polar surface area (TPSA) is 73.8 Å². The van der Waals surface area contributed by atoms with E-state index in [9.17, 15) is 0 Å². The van der Waals surface area contributed by atoms with Gasteiger partial charge in [0.25, 0.3) is 0 Å². The maximum atomic E-state index is 6.76. The van der Waals surface area contributed by atoms with Crippen LogP contribution in [0.25, 0.3) is 0 Å². The van der Waals surface area contributed by atoms with Gasteiger partial charge in [0.2, 0.25) is 0 Å². The van der Waals surface area contributed by atoms with Crippen molar-refractivity contribution >= 4 is 11.8 Å². The zero-order valence-electron chi connectivity index (χ0n) is 27.4. The summed E-state index contributed by atoms with van der Waals surface area (Å²) in [6.45, 7) is 1.87. The highest BCUT2D eigenvalue weighted by Gasteiger charge is 2.48. The molecule has 0 bridgehead atoms. The second-order valence-electron chi connectivity index (χ2n) is 11.2. The zero-order valence-corrected chi connectivity index (χ0v) is 28.2. The fourth-order valence-electron chi connectivity index (χ4n) is 5.38. The average molecular weight is 661 g/mol. The van der Waals surface area contributed by atoms with E-state index in [1.165, 1.54) is 0 Å². The number of thioether (sulfide) groups is 1. The highest BCUT2D eigenvalue weighted by molar-refractivity contribution is 7.99. The molecule has 1 aliphatic rings. The molecule has 0 N–H and O–H groups in total. The normalized spacial score (nSPS) is 20.9. The lowest BCUT2D eigenvalue weighted by atomic mass is 9.98. The third kappa shape index (κ3) is 9.96. The van der Waals surface area contributed by atoms with Crippen LogP contribution >= 0.6 is 11.8 Å². The van der Waals surface area contributed by atoms with Gasteiger partial charge in [-0.25, -0.2) is 0 Å². The number of hydrogen-bond acceptors (Lipinski definition) is 9. The van der Waals surface area contributed by atoms with Gasteiger partial charge in [0.1, 0.15) is 47.1 Å². The summed E-state index contributed by atoms with van der Waals surface area (Å²) in [5.41, 5.74) is 3.81. The Hall–Kier alpha value is -3.57. The third-order valence-corrected chi connectivity index (χ3v) is 8.87. The molecule has 5 atom stereocenters. The van der Waals surface area contributed by atoms with Crippen LogP contribution in [-0.4, -0.2) is 64.0 Å². The van der Waals surface area contributed by atoms with Gasteiger partial charge in [-0.05, 0) is 64.9 Å². The van der Waals surface area contributed by atoms with Crippen molar-refractivity contribution in [3.63, 3.8) is 0 Å². The first-order valence-corrected chi connectivity index (χ1v) is 16.9. The number of benzene rings is 4. The van der Waals surface area contributed by atoms with Crippen LogP contribution in [0.4, 0.5) is 0 Å². The molecule has 0 saturated carbocycles. The Morgan fingerprint density at radius 1 is 0.511 bits per heavy atom. The number of rotatable bonds is 17. The monoisotopic (exact) mass is 660 g/mol. The molecule has 4 aromatic carbocycles. The number of hydrogen-bond donors (Lipinski definition) is 0. The van der Waals surface area contributed by atoms with Crippen molar-refractivity contribution in [3.05, 3.63) is 125 Å². The van der Waals surface area contributed by atoms with E-state index < -0.39 is 24.4 Å². The fourth-order valence-corrected chi connectivity index (χ4v) is 6.13. The quantitative estimate of drug-likeness (QED) is 0.118. The van der Waals surface area contributed by atoms with Gasteiger partial charge in [-0.15, -0.1) is 11.8 Å². The first-order valence-electron chi connectivity index (χ1n) is 15.6. The Labute approximate surface area is 282 Å². The Balaban J connectivity index is 1.40. The third-order valence-electron chi connectivity index (χ3n) is 8.02. The molecule has 5 rings (SSSR count). The van der Waals surface area contributed by atoms with Gasteiger partial charge in [0, 0.05) is 0 Å². The van der Waals surface area contributed by atoms with E-state index in [-0.39, 0.29) is 5.44 Å². The van der Waals surface area contributed by atoms with E-state index >= 15 is 0 Å². The molecule has 0 spiro atoms. The molecule has 1 heterocycles. The Morgan fingerprint density at radius 3 is 1.38 bits per heavy atom. The van der Waals surface area contributed by atoms with Crippen LogP contribution < -0.4 is 14.2 Å². The largest absolute Gasteiger partial charge is 0.497 e. The van der Waals surface area contributed by atoms with Crippen molar-refractivity contribution in [2.24, 2.45) is 0 Å². The van der Waals surface area contributed by atoms with Crippen LogP contribution in [0.3, 0.4) is 0 Å². The van der Waals surface area contributed by atoms with E-state index in [0.29, 0.717) is 33.0 Å². The molecular formula is C38H44O8S. The summed E-state index contributed by atoms with van der Waals surface area (Å²) in [6, 6.07) is 33.7. The molecule has 1 saturated heterocycles. The van der Waals surface area contributed by atoms with Gasteiger partial charge in [-0.2, -0.15) is 0 Å². The highest BCUT2D eigenvalue weighted by atomic mass is 32.2. The summed E-state index contributed by atoms with van der Waals surface area (Å²) >= 11 is 1.59. The molecule has 1 aliphatic heterocycles. The predicted molar refractivity (Wildman–Crippen MR) is 183 cm³/mol. The Kier molecular flexibility index (Phi) is 13.4. The molecular weight excluding hydrogens is 616 g/mol.